The van der Waals surface area contributed by atoms with Gasteiger partial charge < -0.3 is 5.11 Å². The van der Waals surface area contributed by atoms with E-state index in [-0.39, 0.29) is 11.3 Å². The first-order valence-electron chi connectivity index (χ1n) is 5.55. The molecule has 0 radical (unpaired) electrons. The van der Waals surface area contributed by atoms with Crippen molar-refractivity contribution in [1.82, 2.24) is 0 Å². The number of carboxylic acid groups (broad SMARTS) is 1. The van der Waals surface area contributed by atoms with Gasteiger partial charge in [-0.25, -0.2) is 13.2 Å². The zero-order valence-electron chi connectivity index (χ0n) is 9.30. The van der Waals surface area contributed by atoms with Gasteiger partial charge in [0.2, 0.25) is 0 Å². The maximum absolute atomic E-state index is 11.9. The van der Waals surface area contributed by atoms with Crippen molar-refractivity contribution in [2.45, 2.75) is 24.5 Å². The minimum atomic E-state index is -3.11. The van der Waals surface area contributed by atoms with Gasteiger partial charge in [0.25, 0.3) is 0 Å². The molecule has 1 unspecified atom stereocenters. The van der Waals surface area contributed by atoms with Gasteiger partial charge in [0.15, 0.2) is 9.84 Å². The summed E-state index contributed by atoms with van der Waals surface area (Å²) in [5, 5.41) is 8.36. The largest absolute Gasteiger partial charge is 0.478 e. The first kappa shape index (κ1) is 12.1. The monoisotopic (exact) mass is 254 g/mol. The molecule has 1 aromatic rings. The normalized spacial score (nSPS) is 23.2. The second-order valence-electron chi connectivity index (χ2n) is 4.28. The van der Waals surface area contributed by atoms with E-state index in [2.05, 4.69) is 0 Å². The van der Waals surface area contributed by atoms with Gasteiger partial charge in [-0.05, 0) is 30.5 Å². The number of sulfone groups is 1. The molecule has 1 fully saturated rings. The lowest BCUT2D eigenvalue weighted by atomic mass is 10.0. The third-order valence-corrected chi connectivity index (χ3v) is 5.32. The third-order valence-electron chi connectivity index (χ3n) is 3.08. The maximum atomic E-state index is 11.9. The predicted octanol–water partition coefficient (Wildman–Crippen LogP) is 2.02. The molecule has 92 valence electrons. The molecule has 0 aromatic heterocycles. The molecular formula is C12H14O4S. The van der Waals surface area contributed by atoms with Gasteiger partial charge in [0.05, 0.1) is 16.6 Å². The summed E-state index contributed by atoms with van der Waals surface area (Å²) in [6.45, 7) is 0. The minimum Gasteiger partial charge on any atom is -0.478 e. The van der Waals surface area contributed by atoms with Crippen molar-refractivity contribution in [3.63, 3.8) is 0 Å². The number of carbonyl (C=O) groups is 1. The van der Waals surface area contributed by atoms with E-state index in [1.165, 1.54) is 12.1 Å². The van der Waals surface area contributed by atoms with Gasteiger partial charge in [-0.15, -0.1) is 0 Å². The Bertz CT molecular complexity index is 533. The van der Waals surface area contributed by atoms with Crippen molar-refractivity contribution >= 4 is 15.8 Å². The Balaban J connectivity index is 2.39. The molecule has 5 heteroatoms. The van der Waals surface area contributed by atoms with Crippen LogP contribution in [-0.2, 0) is 9.84 Å². The molecule has 1 atom stereocenters. The van der Waals surface area contributed by atoms with E-state index in [0.29, 0.717) is 18.4 Å². The zero-order chi connectivity index (χ0) is 12.5. The molecule has 1 N–H and O–H groups in total. The van der Waals surface area contributed by atoms with Crippen LogP contribution in [0.4, 0.5) is 0 Å². The maximum Gasteiger partial charge on any atom is 0.335 e. The van der Waals surface area contributed by atoms with E-state index in [1.54, 1.807) is 12.1 Å². The van der Waals surface area contributed by atoms with E-state index < -0.39 is 21.1 Å². The molecule has 1 aromatic carbocycles. The number of rotatable bonds is 2. The van der Waals surface area contributed by atoms with E-state index >= 15 is 0 Å². The SMILES string of the molecule is O=C(O)c1cccc(C2CCCCS2(=O)=O)c1. The molecule has 17 heavy (non-hydrogen) atoms. The lowest BCUT2D eigenvalue weighted by Gasteiger charge is -2.22. The van der Waals surface area contributed by atoms with Gasteiger partial charge in [0, 0.05) is 0 Å². The Hall–Kier alpha value is -1.36. The van der Waals surface area contributed by atoms with Crippen LogP contribution in [0.15, 0.2) is 24.3 Å². The van der Waals surface area contributed by atoms with Crippen LogP contribution in [-0.4, -0.2) is 25.2 Å². The highest BCUT2D eigenvalue weighted by Gasteiger charge is 2.30. The van der Waals surface area contributed by atoms with Crippen LogP contribution in [0.25, 0.3) is 0 Å². The molecule has 0 bridgehead atoms. The summed E-state index contributed by atoms with van der Waals surface area (Å²) in [5.74, 6) is -0.824. The topological polar surface area (TPSA) is 71.4 Å². The van der Waals surface area contributed by atoms with Gasteiger partial charge in [-0.1, -0.05) is 18.6 Å². The van der Waals surface area contributed by atoms with Crippen LogP contribution in [0.1, 0.15) is 40.4 Å². The van der Waals surface area contributed by atoms with Crippen molar-refractivity contribution in [2.24, 2.45) is 0 Å². The summed E-state index contributed by atoms with van der Waals surface area (Å²) < 4.78 is 23.8. The summed E-state index contributed by atoms with van der Waals surface area (Å²) in [6.07, 6.45) is 2.17. The second kappa shape index (κ2) is 4.49. The molecule has 1 saturated heterocycles. The summed E-state index contributed by atoms with van der Waals surface area (Å²) in [7, 11) is -3.11. The van der Waals surface area contributed by atoms with Crippen molar-refractivity contribution in [3.05, 3.63) is 35.4 Å². The summed E-state index contributed by atoms with van der Waals surface area (Å²) in [5.41, 5.74) is 0.743. The summed E-state index contributed by atoms with van der Waals surface area (Å²) >= 11 is 0. The van der Waals surface area contributed by atoms with Gasteiger partial charge in [-0.2, -0.15) is 0 Å². The molecular weight excluding hydrogens is 240 g/mol. The smallest absolute Gasteiger partial charge is 0.335 e. The predicted molar refractivity (Wildman–Crippen MR) is 63.8 cm³/mol. The number of carboxylic acids is 1. The first-order valence-corrected chi connectivity index (χ1v) is 7.27. The van der Waals surface area contributed by atoms with Crippen LogP contribution in [0, 0.1) is 0 Å². The van der Waals surface area contributed by atoms with Crippen molar-refractivity contribution in [2.75, 3.05) is 5.75 Å². The van der Waals surface area contributed by atoms with Crippen LogP contribution in [0.5, 0.6) is 0 Å². The molecule has 0 aliphatic carbocycles. The summed E-state index contributed by atoms with van der Waals surface area (Å²) in [6, 6.07) is 6.24. The van der Waals surface area contributed by atoms with Gasteiger partial charge in [0.1, 0.15) is 0 Å². The number of aromatic carboxylic acids is 1. The average Bonchev–Trinajstić information content (AvgIpc) is 2.28. The second-order valence-corrected chi connectivity index (χ2v) is 6.59. The molecule has 0 spiro atoms. The Morgan fingerprint density at radius 1 is 1.29 bits per heavy atom. The Kier molecular flexibility index (Phi) is 3.19. The molecule has 2 rings (SSSR count). The third kappa shape index (κ3) is 2.49. The molecule has 0 saturated carbocycles. The van der Waals surface area contributed by atoms with Gasteiger partial charge in [-0.3, -0.25) is 0 Å². The van der Waals surface area contributed by atoms with E-state index in [0.717, 1.165) is 6.42 Å². The van der Waals surface area contributed by atoms with Crippen molar-refractivity contribution < 1.29 is 18.3 Å². The standard InChI is InChI=1S/C12H14O4S/c13-12(14)10-5-3-4-9(8-10)11-6-1-2-7-17(11,15)16/h3-5,8,11H,1-2,6-7H2,(H,13,14). The zero-order valence-corrected chi connectivity index (χ0v) is 10.1. The van der Waals surface area contributed by atoms with E-state index in [4.69, 9.17) is 5.11 Å². The Morgan fingerprint density at radius 3 is 2.71 bits per heavy atom. The highest BCUT2D eigenvalue weighted by atomic mass is 32.2. The van der Waals surface area contributed by atoms with Crippen LogP contribution >= 0.6 is 0 Å². The molecule has 4 nitrogen and oxygen atoms in total. The average molecular weight is 254 g/mol. The van der Waals surface area contributed by atoms with Crippen LogP contribution in [0.2, 0.25) is 0 Å². The fourth-order valence-corrected chi connectivity index (χ4v) is 4.18. The lowest BCUT2D eigenvalue weighted by Crippen LogP contribution is -2.21. The number of hydrogen-bond acceptors (Lipinski definition) is 3. The minimum absolute atomic E-state index is 0.142. The molecule has 1 heterocycles. The van der Waals surface area contributed by atoms with E-state index in [1.807, 2.05) is 0 Å². The fraction of sp³-hybridized carbons (Fsp3) is 0.417. The number of benzene rings is 1. The molecule has 1 aliphatic heterocycles. The highest BCUT2D eigenvalue weighted by molar-refractivity contribution is 7.91. The van der Waals surface area contributed by atoms with E-state index in [9.17, 15) is 13.2 Å². The fourth-order valence-electron chi connectivity index (χ4n) is 2.20. The Morgan fingerprint density at radius 2 is 2.06 bits per heavy atom. The van der Waals surface area contributed by atoms with Crippen LogP contribution in [0.3, 0.4) is 0 Å². The molecule has 1 aliphatic rings. The van der Waals surface area contributed by atoms with Crippen molar-refractivity contribution in [3.8, 4) is 0 Å². The quantitative estimate of drug-likeness (QED) is 0.876. The highest BCUT2D eigenvalue weighted by Crippen LogP contribution is 2.33. The van der Waals surface area contributed by atoms with Gasteiger partial charge >= 0.3 is 5.97 Å². The Labute approximate surface area is 100 Å². The van der Waals surface area contributed by atoms with Crippen LogP contribution < -0.4 is 0 Å². The lowest BCUT2D eigenvalue weighted by molar-refractivity contribution is 0.0696. The van der Waals surface area contributed by atoms with Crippen molar-refractivity contribution in [1.29, 1.82) is 0 Å². The first-order chi connectivity index (χ1) is 8.00. The summed E-state index contributed by atoms with van der Waals surface area (Å²) in [4.78, 5) is 10.8. The number of hydrogen-bond donors (Lipinski definition) is 1. The molecule has 0 amide bonds.